The predicted octanol–water partition coefficient (Wildman–Crippen LogP) is 2.14. The molecule has 3 heterocycles. The number of esters is 2. The smallest absolute Gasteiger partial charge is 0.357 e. The van der Waals surface area contributed by atoms with Crippen molar-refractivity contribution in [3.63, 3.8) is 0 Å². The number of anilines is 1. The fraction of sp³-hybridized carbons (Fsp3) is 0.500. The number of nitrogens with zero attached hydrogens (tertiary/aromatic N) is 2. The van der Waals surface area contributed by atoms with Crippen LogP contribution in [0.4, 0.5) is 5.13 Å². The molecular weight excluding hydrogens is 480 g/mol. The lowest BCUT2D eigenvalue weighted by Crippen LogP contribution is -2.70. The molecule has 0 radical (unpaired) electrons. The number of carbonyl (C=O) groups is 4. The van der Waals surface area contributed by atoms with Gasteiger partial charge in [0.15, 0.2) is 5.13 Å². The summed E-state index contributed by atoms with van der Waals surface area (Å²) in [5, 5.41) is 4.34. The number of fused-ring (bicyclic) bond motifs is 1. The highest BCUT2D eigenvalue weighted by atomic mass is 32.2. The average Bonchev–Trinajstić information content (AvgIpc) is 3.19. The van der Waals surface area contributed by atoms with Crippen molar-refractivity contribution < 1.29 is 28.7 Å². The van der Waals surface area contributed by atoms with Crippen LogP contribution in [0.5, 0.6) is 0 Å². The van der Waals surface area contributed by atoms with Gasteiger partial charge in [-0.2, -0.15) is 0 Å². The molecule has 10 nitrogen and oxygen atoms in total. The van der Waals surface area contributed by atoms with Crippen molar-refractivity contribution in [2.24, 2.45) is 11.3 Å². The Bertz CT molecular complexity index is 1060. The van der Waals surface area contributed by atoms with E-state index in [0.717, 1.165) is 0 Å². The molecular formula is C22H28N4O6S2. The van der Waals surface area contributed by atoms with Gasteiger partial charge in [0, 0.05) is 11.1 Å². The van der Waals surface area contributed by atoms with Crippen LogP contribution in [-0.4, -0.2) is 57.6 Å². The van der Waals surface area contributed by atoms with Crippen LogP contribution in [0.2, 0.25) is 0 Å². The molecule has 12 heteroatoms. The minimum atomic E-state index is -0.806. The average molecular weight is 509 g/mol. The molecule has 34 heavy (non-hydrogen) atoms. The van der Waals surface area contributed by atoms with Crippen molar-refractivity contribution in [2.45, 2.75) is 46.0 Å². The van der Waals surface area contributed by atoms with Crippen LogP contribution in [0.25, 0.3) is 5.57 Å². The summed E-state index contributed by atoms with van der Waals surface area (Å²) >= 11 is 2.64. The van der Waals surface area contributed by atoms with Crippen LogP contribution in [0.3, 0.4) is 0 Å². The van der Waals surface area contributed by atoms with Gasteiger partial charge in [0.1, 0.15) is 17.1 Å². The molecule has 2 aliphatic rings. The van der Waals surface area contributed by atoms with Gasteiger partial charge in [-0.25, -0.2) is 9.78 Å². The quantitative estimate of drug-likeness (QED) is 0.245. The number of nitrogens with one attached hydrogen (secondary N) is 1. The van der Waals surface area contributed by atoms with Gasteiger partial charge in [0.2, 0.25) is 6.79 Å². The van der Waals surface area contributed by atoms with Crippen molar-refractivity contribution in [3.05, 3.63) is 28.9 Å². The molecule has 1 aromatic rings. The minimum absolute atomic E-state index is 0.0660. The molecule has 0 saturated carbocycles. The summed E-state index contributed by atoms with van der Waals surface area (Å²) in [4.78, 5) is 55.7. The summed E-state index contributed by atoms with van der Waals surface area (Å²) in [7, 11) is 0. The zero-order valence-electron chi connectivity index (χ0n) is 19.6. The molecule has 1 aromatic heterocycles. The summed E-state index contributed by atoms with van der Waals surface area (Å²) in [6, 6.07) is -0.806. The topological polar surface area (TPSA) is 141 Å². The first kappa shape index (κ1) is 25.8. The lowest BCUT2D eigenvalue weighted by atomic mass is 9.98. The molecule has 2 atom stereocenters. The second-order valence-corrected chi connectivity index (χ2v) is 11.1. The number of aromatic nitrogens is 1. The fourth-order valence-corrected chi connectivity index (χ4v) is 4.96. The molecule has 1 fully saturated rings. The second kappa shape index (κ2) is 10.2. The van der Waals surface area contributed by atoms with Gasteiger partial charge in [-0.1, -0.05) is 19.9 Å². The summed E-state index contributed by atoms with van der Waals surface area (Å²) in [5.41, 5.74) is 5.84. The molecule has 1 saturated heterocycles. The predicted molar refractivity (Wildman–Crippen MR) is 129 cm³/mol. The Kier molecular flexibility index (Phi) is 7.71. The highest BCUT2D eigenvalue weighted by Gasteiger charge is 2.53. The molecule has 2 unspecified atom stereocenters. The van der Waals surface area contributed by atoms with Gasteiger partial charge in [0.25, 0.3) is 11.8 Å². The Morgan fingerprint density at radius 2 is 2.03 bits per heavy atom. The van der Waals surface area contributed by atoms with Crippen LogP contribution in [-0.2, 0) is 28.7 Å². The molecule has 0 bridgehead atoms. The van der Waals surface area contributed by atoms with Crippen molar-refractivity contribution in [3.8, 4) is 0 Å². The number of hydrogen-bond donors (Lipinski definition) is 2. The Hall–Kier alpha value is -2.86. The van der Waals surface area contributed by atoms with Crippen LogP contribution in [0.1, 0.15) is 40.3 Å². The van der Waals surface area contributed by atoms with Gasteiger partial charge in [-0.15, -0.1) is 23.1 Å². The van der Waals surface area contributed by atoms with E-state index >= 15 is 0 Å². The van der Waals surface area contributed by atoms with E-state index in [-0.39, 0.29) is 11.6 Å². The van der Waals surface area contributed by atoms with Gasteiger partial charge in [0.05, 0.1) is 16.7 Å². The maximum Gasteiger partial charge on any atom is 0.357 e. The summed E-state index contributed by atoms with van der Waals surface area (Å²) in [5.74, 6) is -1.64. The number of β-lactam (4-membered cyclic amide) rings is 1. The number of nitrogen functional groups attached to an aromatic ring is 1. The molecule has 3 rings (SSSR count). The normalized spacial score (nSPS) is 20.3. The van der Waals surface area contributed by atoms with Crippen molar-refractivity contribution >= 4 is 57.6 Å². The third-order valence-electron chi connectivity index (χ3n) is 4.88. The minimum Gasteiger partial charge on any atom is -0.427 e. The number of carbonyl (C=O) groups excluding carboxylic acids is 4. The SMILES string of the molecule is CC(C)/C=C(\C(=O)NC1C(=O)N2C(C(=O)OCOC(=O)C(C)(C)C)=CCSC12)c1csc(N)n1. The maximum absolute atomic E-state index is 13.0. The Morgan fingerprint density at radius 1 is 1.32 bits per heavy atom. The molecule has 184 valence electrons. The van der Waals surface area contributed by atoms with Crippen LogP contribution in [0.15, 0.2) is 23.2 Å². The van der Waals surface area contributed by atoms with E-state index in [9.17, 15) is 19.2 Å². The molecule has 2 aliphatic heterocycles. The summed E-state index contributed by atoms with van der Waals surface area (Å²) in [6.45, 7) is 8.35. The second-order valence-electron chi connectivity index (χ2n) is 9.10. The first-order valence-electron chi connectivity index (χ1n) is 10.6. The third kappa shape index (κ3) is 5.61. The van der Waals surface area contributed by atoms with Gasteiger partial charge >= 0.3 is 11.9 Å². The number of allylic oxidation sites excluding steroid dienone is 1. The van der Waals surface area contributed by atoms with E-state index in [2.05, 4.69) is 10.3 Å². The first-order chi connectivity index (χ1) is 15.9. The summed E-state index contributed by atoms with van der Waals surface area (Å²) in [6.07, 6.45) is 3.34. The van der Waals surface area contributed by atoms with Crippen molar-refractivity contribution in [2.75, 3.05) is 18.3 Å². The Labute approximate surface area is 205 Å². The zero-order chi connectivity index (χ0) is 25.2. The van der Waals surface area contributed by atoms with E-state index in [4.69, 9.17) is 15.2 Å². The lowest BCUT2D eigenvalue weighted by molar-refractivity contribution is -0.173. The molecule has 0 aromatic carbocycles. The maximum atomic E-state index is 13.0. The van der Waals surface area contributed by atoms with Crippen molar-refractivity contribution in [1.29, 1.82) is 0 Å². The van der Waals surface area contributed by atoms with Gasteiger partial charge in [-0.05, 0) is 32.8 Å². The monoisotopic (exact) mass is 508 g/mol. The van der Waals surface area contributed by atoms with Crippen LogP contribution >= 0.6 is 23.1 Å². The number of nitrogens with two attached hydrogens (primary N) is 1. The zero-order valence-corrected chi connectivity index (χ0v) is 21.2. The highest BCUT2D eigenvalue weighted by molar-refractivity contribution is 8.00. The summed E-state index contributed by atoms with van der Waals surface area (Å²) < 4.78 is 9.99. The number of hydrogen-bond acceptors (Lipinski definition) is 10. The number of amides is 2. The van der Waals surface area contributed by atoms with Crippen LogP contribution < -0.4 is 11.1 Å². The third-order valence-corrected chi connectivity index (χ3v) is 6.73. The van der Waals surface area contributed by atoms with E-state index in [0.29, 0.717) is 22.2 Å². The number of thiazole rings is 1. The Morgan fingerprint density at radius 3 is 2.62 bits per heavy atom. The van der Waals surface area contributed by atoms with E-state index in [1.165, 1.54) is 28.0 Å². The van der Waals surface area contributed by atoms with E-state index in [1.807, 2.05) is 13.8 Å². The molecule has 0 spiro atoms. The van der Waals surface area contributed by atoms with Gasteiger partial charge < -0.3 is 20.5 Å². The highest BCUT2D eigenvalue weighted by Crippen LogP contribution is 2.38. The van der Waals surface area contributed by atoms with E-state index in [1.54, 1.807) is 38.3 Å². The number of thioether (sulfide) groups is 1. The number of rotatable bonds is 7. The number of ether oxygens (including phenoxy) is 2. The first-order valence-corrected chi connectivity index (χ1v) is 12.6. The fourth-order valence-electron chi connectivity index (χ4n) is 3.20. The van der Waals surface area contributed by atoms with Crippen LogP contribution in [0, 0.1) is 11.3 Å². The van der Waals surface area contributed by atoms with Gasteiger partial charge in [-0.3, -0.25) is 19.3 Å². The molecule has 0 aliphatic carbocycles. The van der Waals surface area contributed by atoms with E-state index < -0.39 is 47.4 Å². The standard InChI is InChI=1S/C22H28N4O6S2/c1-11(2)8-12(13-9-34-21(23)24-13)16(27)25-15-17(28)26-14(6-7-33-18(15)26)19(29)31-10-32-20(30)22(3,4)5/h6,8-9,11,15,18H,7,10H2,1-5H3,(H2,23,24)(H,25,27)/b12-8-. The lowest BCUT2D eigenvalue weighted by Gasteiger charge is -2.48. The largest absolute Gasteiger partial charge is 0.427 e. The van der Waals surface area contributed by atoms with Crippen molar-refractivity contribution in [1.82, 2.24) is 15.2 Å². The molecule has 3 N–H and O–H groups in total. The molecule has 2 amide bonds. The Balaban J connectivity index is 1.64.